The molecule has 3 aromatic rings. The molecule has 0 fully saturated rings. The first kappa shape index (κ1) is 20.3. The molecule has 4 nitrogen and oxygen atoms in total. The summed E-state index contributed by atoms with van der Waals surface area (Å²) in [6.07, 6.45) is 1.42. The molecule has 0 bridgehead atoms. The summed E-state index contributed by atoms with van der Waals surface area (Å²) in [6.45, 7) is 6.55. The maximum Gasteiger partial charge on any atom is 0.225 e. The summed E-state index contributed by atoms with van der Waals surface area (Å²) in [5, 5.41) is 3.36. The van der Waals surface area contributed by atoms with Crippen LogP contribution in [0, 0.1) is 11.2 Å². The highest BCUT2D eigenvalue weighted by molar-refractivity contribution is 6.31. The van der Waals surface area contributed by atoms with Crippen molar-refractivity contribution in [2.75, 3.05) is 6.54 Å². The van der Waals surface area contributed by atoms with E-state index in [1.54, 1.807) is 12.1 Å². The molecule has 1 aromatic heterocycles. The van der Waals surface area contributed by atoms with Gasteiger partial charge in [0, 0.05) is 29.0 Å². The largest absolute Gasteiger partial charge is 0.356 e. The van der Waals surface area contributed by atoms with Crippen molar-refractivity contribution in [3.05, 3.63) is 64.7 Å². The first-order chi connectivity index (χ1) is 13.3. The molecular formula is C22H25ClFN3O. The summed E-state index contributed by atoms with van der Waals surface area (Å²) in [4.78, 5) is 16.7. The van der Waals surface area contributed by atoms with E-state index in [4.69, 9.17) is 16.6 Å². The minimum atomic E-state index is -0.408. The van der Waals surface area contributed by atoms with Crippen molar-refractivity contribution >= 4 is 28.5 Å². The van der Waals surface area contributed by atoms with Gasteiger partial charge in [0.1, 0.15) is 11.6 Å². The average molecular weight is 402 g/mol. The number of hydrogen-bond acceptors (Lipinski definition) is 2. The number of nitrogens with zero attached hydrogens (tertiary/aromatic N) is 2. The molecule has 1 amide bonds. The van der Waals surface area contributed by atoms with Crippen LogP contribution in [0.15, 0.2) is 42.5 Å². The molecule has 1 N–H and O–H groups in total. The predicted octanol–water partition coefficient (Wildman–Crippen LogP) is 4.97. The number of carbonyl (C=O) groups is 1. The summed E-state index contributed by atoms with van der Waals surface area (Å²) in [6, 6.07) is 12.5. The van der Waals surface area contributed by atoms with Gasteiger partial charge in [-0.25, -0.2) is 9.37 Å². The lowest BCUT2D eigenvalue weighted by molar-refractivity contribution is -0.128. The first-order valence-corrected chi connectivity index (χ1v) is 9.80. The van der Waals surface area contributed by atoms with E-state index in [2.05, 4.69) is 5.32 Å². The van der Waals surface area contributed by atoms with E-state index in [1.165, 1.54) is 6.07 Å². The standard InChI is InChI=1S/C22H25ClFN3O/c1-22(2,3)21(28)25-13-7-12-20-26-18-10-4-5-11-19(18)27(20)14-15-16(23)8-6-9-17(15)24/h4-6,8-11H,7,12-14H2,1-3H3,(H,25,28). The van der Waals surface area contributed by atoms with E-state index in [-0.39, 0.29) is 11.7 Å². The van der Waals surface area contributed by atoms with Crippen molar-refractivity contribution in [1.29, 1.82) is 0 Å². The van der Waals surface area contributed by atoms with Crippen LogP contribution in [0.5, 0.6) is 0 Å². The van der Waals surface area contributed by atoms with Crippen LogP contribution in [0.25, 0.3) is 11.0 Å². The van der Waals surface area contributed by atoms with Crippen LogP contribution in [0.4, 0.5) is 4.39 Å². The van der Waals surface area contributed by atoms with Crippen LogP contribution >= 0.6 is 11.6 Å². The summed E-state index contributed by atoms with van der Waals surface area (Å²) in [5.74, 6) is 0.554. The van der Waals surface area contributed by atoms with E-state index in [0.29, 0.717) is 30.1 Å². The molecule has 2 aromatic carbocycles. The lowest BCUT2D eigenvalue weighted by Crippen LogP contribution is -2.35. The molecule has 0 atom stereocenters. The number of amides is 1. The summed E-state index contributed by atoms with van der Waals surface area (Å²) in [5.41, 5.74) is 1.85. The van der Waals surface area contributed by atoms with Gasteiger partial charge in [0.05, 0.1) is 17.6 Å². The lowest BCUT2D eigenvalue weighted by Gasteiger charge is -2.17. The molecule has 0 radical (unpaired) electrons. The van der Waals surface area contributed by atoms with Crippen molar-refractivity contribution in [2.24, 2.45) is 5.41 Å². The second-order valence-corrected chi connectivity index (χ2v) is 8.32. The number of nitrogens with one attached hydrogen (secondary N) is 1. The molecule has 0 spiro atoms. The molecule has 148 valence electrons. The summed E-state index contributed by atoms with van der Waals surface area (Å²) < 4.78 is 16.3. The lowest BCUT2D eigenvalue weighted by atomic mass is 9.96. The van der Waals surface area contributed by atoms with Gasteiger partial charge in [0.15, 0.2) is 0 Å². The Morgan fingerprint density at radius 1 is 1.18 bits per heavy atom. The summed E-state index contributed by atoms with van der Waals surface area (Å²) in [7, 11) is 0. The monoisotopic (exact) mass is 401 g/mol. The van der Waals surface area contributed by atoms with Crippen LogP contribution in [0.2, 0.25) is 5.02 Å². The zero-order valence-corrected chi connectivity index (χ0v) is 17.2. The Labute approximate surface area is 169 Å². The van der Waals surface area contributed by atoms with E-state index in [0.717, 1.165) is 23.3 Å². The highest BCUT2D eigenvalue weighted by Crippen LogP contribution is 2.24. The molecule has 0 aliphatic heterocycles. The Morgan fingerprint density at radius 2 is 1.93 bits per heavy atom. The highest BCUT2D eigenvalue weighted by atomic mass is 35.5. The van der Waals surface area contributed by atoms with Crippen LogP contribution < -0.4 is 5.32 Å². The number of hydrogen-bond donors (Lipinski definition) is 1. The van der Waals surface area contributed by atoms with Gasteiger partial charge in [-0.15, -0.1) is 0 Å². The Kier molecular flexibility index (Phi) is 6.04. The Balaban J connectivity index is 1.81. The molecule has 0 aliphatic carbocycles. The van der Waals surface area contributed by atoms with Gasteiger partial charge >= 0.3 is 0 Å². The smallest absolute Gasteiger partial charge is 0.225 e. The van der Waals surface area contributed by atoms with Gasteiger partial charge in [0.25, 0.3) is 0 Å². The minimum Gasteiger partial charge on any atom is -0.356 e. The molecule has 0 aliphatic rings. The number of aromatic nitrogens is 2. The second-order valence-electron chi connectivity index (χ2n) is 7.91. The number of para-hydroxylation sites is 2. The topological polar surface area (TPSA) is 46.9 Å². The number of rotatable bonds is 6. The zero-order chi connectivity index (χ0) is 20.3. The molecule has 28 heavy (non-hydrogen) atoms. The maximum atomic E-state index is 14.3. The van der Waals surface area contributed by atoms with Gasteiger partial charge in [-0.2, -0.15) is 0 Å². The number of carbonyl (C=O) groups excluding carboxylic acids is 1. The van der Waals surface area contributed by atoms with Crippen LogP contribution in [0.1, 0.15) is 38.6 Å². The third kappa shape index (κ3) is 4.53. The van der Waals surface area contributed by atoms with Crippen LogP contribution in [-0.4, -0.2) is 22.0 Å². The second kappa shape index (κ2) is 8.31. The minimum absolute atomic E-state index is 0.0270. The maximum absolute atomic E-state index is 14.3. The summed E-state index contributed by atoms with van der Waals surface area (Å²) >= 11 is 6.23. The van der Waals surface area contributed by atoms with Crippen molar-refractivity contribution in [2.45, 2.75) is 40.2 Å². The normalized spacial score (nSPS) is 11.8. The number of aryl methyl sites for hydroxylation is 1. The molecule has 0 saturated carbocycles. The van der Waals surface area contributed by atoms with Crippen molar-refractivity contribution in [1.82, 2.24) is 14.9 Å². The fourth-order valence-electron chi connectivity index (χ4n) is 3.05. The molecule has 0 unspecified atom stereocenters. The van der Waals surface area contributed by atoms with Gasteiger partial charge < -0.3 is 9.88 Å². The van der Waals surface area contributed by atoms with Crippen molar-refractivity contribution < 1.29 is 9.18 Å². The fourth-order valence-corrected chi connectivity index (χ4v) is 3.27. The number of fused-ring (bicyclic) bond motifs is 1. The van der Waals surface area contributed by atoms with E-state index in [1.807, 2.05) is 49.6 Å². The Hall–Kier alpha value is -2.40. The molecule has 3 rings (SSSR count). The predicted molar refractivity (Wildman–Crippen MR) is 111 cm³/mol. The number of halogens is 2. The van der Waals surface area contributed by atoms with Gasteiger partial charge in [-0.1, -0.05) is 50.6 Å². The molecule has 1 heterocycles. The van der Waals surface area contributed by atoms with E-state index < -0.39 is 5.41 Å². The zero-order valence-electron chi connectivity index (χ0n) is 16.4. The van der Waals surface area contributed by atoms with E-state index in [9.17, 15) is 9.18 Å². The van der Waals surface area contributed by atoms with Gasteiger partial charge in [0.2, 0.25) is 5.91 Å². The molecule has 6 heteroatoms. The van der Waals surface area contributed by atoms with Crippen LogP contribution in [0.3, 0.4) is 0 Å². The third-order valence-electron chi connectivity index (χ3n) is 4.66. The SMILES string of the molecule is CC(C)(C)C(=O)NCCCc1nc2ccccc2n1Cc1c(F)cccc1Cl. The first-order valence-electron chi connectivity index (χ1n) is 9.42. The van der Waals surface area contributed by atoms with Crippen LogP contribution in [-0.2, 0) is 17.8 Å². The van der Waals surface area contributed by atoms with Gasteiger partial charge in [-0.3, -0.25) is 4.79 Å². The molecule has 0 saturated heterocycles. The quantitative estimate of drug-likeness (QED) is 0.592. The van der Waals surface area contributed by atoms with Crippen molar-refractivity contribution in [3.63, 3.8) is 0 Å². The van der Waals surface area contributed by atoms with E-state index >= 15 is 0 Å². The van der Waals surface area contributed by atoms with Crippen molar-refractivity contribution in [3.8, 4) is 0 Å². The Bertz CT molecular complexity index is 971. The average Bonchev–Trinajstić information content (AvgIpc) is 2.98. The fraction of sp³-hybridized carbons (Fsp3) is 0.364. The van der Waals surface area contributed by atoms with Gasteiger partial charge in [-0.05, 0) is 30.7 Å². The number of imidazole rings is 1. The third-order valence-corrected chi connectivity index (χ3v) is 5.01. The number of benzene rings is 2. The Morgan fingerprint density at radius 3 is 2.64 bits per heavy atom. The highest BCUT2D eigenvalue weighted by Gasteiger charge is 2.20. The molecular weight excluding hydrogens is 377 g/mol.